The van der Waals surface area contributed by atoms with Crippen LogP contribution < -0.4 is 0 Å². The molecule has 0 saturated carbocycles. The molecule has 0 N–H and O–H groups in total. The number of hydrogen-bond acceptors (Lipinski definition) is 1. The molecule has 0 atom stereocenters. The number of rotatable bonds is 21. The lowest BCUT2D eigenvalue weighted by atomic mass is 10.0. The van der Waals surface area contributed by atoms with Crippen LogP contribution in [0.1, 0.15) is 136 Å². The zero-order valence-corrected chi connectivity index (χ0v) is 17.1. The Morgan fingerprint density at radius 1 is 0.458 bits per heavy atom. The Balaban J connectivity index is 2.93. The minimum absolute atomic E-state index is 0.923. The second-order valence-corrected chi connectivity index (χ2v) is 7.48. The van der Waals surface area contributed by atoms with Gasteiger partial charge in [0, 0.05) is 6.61 Å². The molecule has 0 heterocycles. The summed E-state index contributed by atoms with van der Waals surface area (Å²) in [6, 6.07) is 0. The monoisotopic (exact) mass is 339 g/mol. The van der Waals surface area contributed by atoms with Gasteiger partial charge >= 0.3 is 0 Å². The Labute approximate surface area is 154 Å². The molecule has 0 rings (SSSR count). The van der Waals surface area contributed by atoms with E-state index in [-0.39, 0.29) is 0 Å². The van der Waals surface area contributed by atoms with Gasteiger partial charge in [-0.15, -0.1) is 0 Å². The van der Waals surface area contributed by atoms with Crippen molar-refractivity contribution in [1.29, 1.82) is 0 Å². The van der Waals surface area contributed by atoms with Crippen LogP contribution in [0, 0.1) is 6.61 Å². The Hall–Kier alpha value is -0.0400. The van der Waals surface area contributed by atoms with Crippen molar-refractivity contribution in [2.24, 2.45) is 0 Å². The molecule has 1 heteroatoms. The van der Waals surface area contributed by atoms with Gasteiger partial charge in [0.2, 0.25) is 0 Å². The molecule has 0 aliphatic rings. The molecule has 145 valence electrons. The van der Waals surface area contributed by atoms with Crippen LogP contribution in [0.5, 0.6) is 0 Å². The Bertz CT molecular complexity index is 180. The third kappa shape index (κ3) is 22.0. The van der Waals surface area contributed by atoms with Gasteiger partial charge < -0.3 is 4.74 Å². The molecule has 1 nitrogen and oxygen atoms in total. The molecule has 1 radical (unpaired) electrons. The zero-order chi connectivity index (χ0) is 17.6. The molecule has 0 bridgehead atoms. The quantitative estimate of drug-likeness (QED) is 0.190. The molecule has 0 saturated heterocycles. The minimum Gasteiger partial charge on any atom is -0.376 e. The molecular weight excluding hydrogens is 292 g/mol. The fraction of sp³-hybridized carbons (Fsp3) is 0.957. The Morgan fingerprint density at radius 3 is 1.29 bits per heavy atom. The fourth-order valence-electron chi connectivity index (χ4n) is 3.20. The second-order valence-electron chi connectivity index (χ2n) is 7.48. The summed E-state index contributed by atoms with van der Waals surface area (Å²) in [5.74, 6) is 0. The van der Waals surface area contributed by atoms with Gasteiger partial charge in [-0.05, 0) is 12.8 Å². The van der Waals surface area contributed by atoms with E-state index in [0.717, 1.165) is 13.0 Å². The summed E-state index contributed by atoms with van der Waals surface area (Å²) in [5.41, 5.74) is 0. The summed E-state index contributed by atoms with van der Waals surface area (Å²) in [6.07, 6.45) is 26.5. The highest BCUT2D eigenvalue weighted by atomic mass is 16.5. The zero-order valence-electron chi connectivity index (χ0n) is 17.1. The van der Waals surface area contributed by atoms with Crippen LogP contribution in [0.2, 0.25) is 0 Å². The van der Waals surface area contributed by atoms with E-state index in [9.17, 15) is 0 Å². The Kier molecular flexibility index (Phi) is 22.9. The van der Waals surface area contributed by atoms with Gasteiger partial charge in [-0.25, -0.2) is 0 Å². The first-order valence-corrected chi connectivity index (χ1v) is 11.3. The molecule has 0 unspecified atom stereocenters. The number of unbranched alkanes of at least 4 members (excludes halogenated alkanes) is 17. The van der Waals surface area contributed by atoms with Gasteiger partial charge in [0.05, 0.1) is 6.61 Å². The maximum Gasteiger partial charge on any atom is 0.0836 e. The van der Waals surface area contributed by atoms with Gasteiger partial charge in [0.25, 0.3) is 0 Å². The fourth-order valence-corrected chi connectivity index (χ4v) is 3.20. The normalized spacial score (nSPS) is 11.2. The van der Waals surface area contributed by atoms with Crippen molar-refractivity contribution >= 4 is 0 Å². The SMILES string of the molecule is CCCCCCCCCCCCCCCCC[CH]OCCCCC. The van der Waals surface area contributed by atoms with Crippen molar-refractivity contribution in [2.75, 3.05) is 6.61 Å². The molecule has 0 spiro atoms. The summed E-state index contributed by atoms with van der Waals surface area (Å²) in [5, 5.41) is 0. The van der Waals surface area contributed by atoms with Gasteiger partial charge in [-0.2, -0.15) is 0 Å². The molecule has 0 aromatic heterocycles. The standard InChI is InChI=1S/C23H47O/c1-3-5-7-8-9-10-11-12-13-14-15-16-17-18-19-21-23-24-22-20-6-4-2/h23H,3-22H2,1-2H3. The topological polar surface area (TPSA) is 9.23 Å². The average Bonchev–Trinajstić information content (AvgIpc) is 2.60. The smallest absolute Gasteiger partial charge is 0.0836 e. The van der Waals surface area contributed by atoms with Crippen LogP contribution in [0.4, 0.5) is 0 Å². The molecule has 0 amide bonds. The highest BCUT2D eigenvalue weighted by molar-refractivity contribution is 4.54. The van der Waals surface area contributed by atoms with E-state index >= 15 is 0 Å². The summed E-state index contributed by atoms with van der Waals surface area (Å²) in [7, 11) is 0. The van der Waals surface area contributed by atoms with Gasteiger partial charge in [-0.3, -0.25) is 0 Å². The first-order valence-electron chi connectivity index (χ1n) is 11.3. The van der Waals surface area contributed by atoms with Crippen molar-refractivity contribution in [2.45, 2.75) is 136 Å². The molecule has 24 heavy (non-hydrogen) atoms. The maximum absolute atomic E-state index is 5.53. The van der Waals surface area contributed by atoms with Gasteiger partial charge in [-0.1, -0.05) is 123 Å². The second kappa shape index (κ2) is 23.0. The van der Waals surface area contributed by atoms with E-state index < -0.39 is 0 Å². The first-order chi connectivity index (χ1) is 11.9. The molecular formula is C23H47O. The molecule has 0 aromatic rings. The predicted molar refractivity (Wildman–Crippen MR) is 109 cm³/mol. The lowest BCUT2D eigenvalue weighted by Crippen LogP contribution is -1.92. The van der Waals surface area contributed by atoms with Gasteiger partial charge in [0.1, 0.15) is 0 Å². The summed E-state index contributed by atoms with van der Waals surface area (Å²) in [6.45, 7) is 7.49. The van der Waals surface area contributed by atoms with Crippen molar-refractivity contribution in [3.8, 4) is 0 Å². The Morgan fingerprint density at radius 2 is 0.833 bits per heavy atom. The van der Waals surface area contributed by atoms with Crippen molar-refractivity contribution in [3.63, 3.8) is 0 Å². The number of ether oxygens (including phenoxy) is 1. The van der Waals surface area contributed by atoms with Gasteiger partial charge in [0.15, 0.2) is 0 Å². The van der Waals surface area contributed by atoms with E-state index in [1.807, 2.05) is 6.61 Å². The third-order valence-corrected chi connectivity index (χ3v) is 4.91. The van der Waals surface area contributed by atoms with E-state index in [4.69, 9.17) is 4.74 Å². The van der Waals surface area contributed by atoms with Crippen LogP contribution in [0.15, 0.2) is 0 Å². The molecule has 0 fully saturated rings. The lowest BCUT2D eigenvalue weighted by Gasteiger charge is -2.04. The third-order valence-electron chi connectivity index (χ3n) is 4.91. The lowest BCUT2D eigenvalue weighted by molar-refractivity contribution is 0.184. The van der Waals surface area contributed by atoms with Crippen LogP contribution in [-0.4, -0.2) is 6.61 Å². The van der Waals surface area contributed by atoms with Crippen LogP contribution in [-0.2, 0) is 4.74 Å². The van der Waals surface area contributed by atoms with Crippen molar-refractivity contribution < 1.29 is 4.74 Å². The van der Waals surface area contributed by atoms with E-state index in [0.29, 0.717) is 0 Å². The van der Waals surface area contributed by atoms with E-state index in [1.165, 1.54) is 116 Å². The highest BCUT2D eigenvalue weighted by Gasteiger charge is 1.95. The van der Waals surface area contributed by atoms with Crippen molar-refractivity contribution in [1.82, 2.24) is 0 Å². The minimum atomic E-state index is 0.923. The number of hydrogen-bond donors (Lipinski definition) is 0. The first kappa shape index (κ1) is 24.0. The highest BCUT2D eigenvalue weighted by Crippen LogP contribution is 2.14. The summed E-state index contributed by atoms with van der Waals surface area (Å²) >= 11 is 0. The molecule has 0 aromatic carbocycles. The van der Waals surface area contributed by atoms with Crippen LogP contribution >= 0.6 is 0 Å². The summed E-state index contributed by atoms with van der Waals surface area (Å²) in [4.78, 5) is 0. The predicted octanol–water partition coefficient (Wildman–Crippen LogP) is 8.62. The molecule has 0 aliphatic heterocycles. The maximum atomic E-state index is 5.53. The van der Waals surface area contributed by atoms with Crippen LogP contribution in [0.3, 0.4) is 0 Å². The van der Waals surface area contributed by atoms with E-state index in [1.54, 1.807) is 0 Å². The van der Waals surface area contributed by atoms with Crippen LogP contribution in [0.25, 0.3) is 0 Å². The molecule has 0 aliphatic carbocycles. The average molecular weight is 340 g/mol. The summed E-state index contributed by atoms with van der Waals surface area (Å²) < 4.78 is 5.53. The van der Waals surface area contributed by atoms with E-state index in [2.05, 4.69) is 13.8 Å². The van der Waals surface area contributed by atoms with Crippen molar-refractivity contribution in [3.05, 3.63) is 6.61 Å². The largest absolute Gasteiger partial charge is 0.376 e.